The van der Waals surface area contributed by atoms with Crippen LogP contribution in [0.15, 0.2) is 46.6 Å². The minimum atomic E-state index is -0.464. The maximum atomic E-state index is 15.2. The van der Waals surface area contributed by atoms with Gasteiger partial charge in [0, 0.05) is 42.3 Å². The van der Waals surface area contributed by atoms with Crippen LogP contribution in [0.4, 0.5) is 16.0 Å². The normalized spacial score (nSPS) is 16.3. The second-order valence-electron chi connectivity index (χ2n) is 8.99. The summed E-state index contributed by atoms with van der Waals surface area (Å²) in [7, 11) is 0. The summed E-state index contributed by atoms with van der Waals surface area (Å²) in [6.45, 7) is 8.97. The molecule has 0 amide bonds. The molecule has 2 aliphatic heterocycles. The van der Waals surface area contributed by atoms with E-state index in [9.17, 15) is 0 Å². The van der Waals surface area contributed by atoms with Crippen molar-refractivity contribution >= 4 is 34.1 Å². The summed E-state index contributed by atoms with van der Waals surface area (Å²) in [6, 6.07) is 6.91. The molecule has 0 saturated carbocycles. The van der Waals surface area contributed by atoms with E-state index in [2.05, 4.69) is 40.7 Å². The molecule has 0 bridgehead atoms. The van der Waals surface area contributed by atoms with Gasteiger partial charge < -0.3 is 25.1 Å². The third kappa shape index (κ3) is 6.30. The van der Waals surface area contributed by atoms with Crippen LogP contribution in [0, 0.1) is 12.7 Å². The van der Waals surface area contributed by atoms with Crippen molar-refractivity contribution in [3.8, 4) is 11.8 Å². The molecule has 5 rings (SSSR count). The lowest BCUT2D eigenvalue weighted by Gasteiger charge is -2.26. The number of halogens is 1. The predicted molar refractivity (Wildman–Crippen MR) is 143 cm³/mol. The molecule has 0 spiro atoms. The topological polar surface area (TPSA) is 112 Å². The van der Waals surface area contributed by atoms with Crippen LogP contribution in [-0.4, -0.2) is 70.8 Å². The van der Waals surface area contributed by atoms with Crippen molar-refractivity contribution in [2.24, 2.45) is 10.2 Å². The molecule has 10 nitrogen and oxygen atoms in total. The largest absolute Gasteiger partial charge is 0.421 e. The van der Waals surface area contributed by atoms with Gasteiger partial charge in [0.1, 0.15) is 17.5 Å². The van der Waals surface area contributed by atoms with Gasteiger partial charge in [0.25, 0.3) is 0 Å². The number of allylic oxidation sites excluding steroid dienone is 2. The number of amidine groups is 1. The number of aromatic nitrogens is 3. The fourth-order valence-corrected chi connectivity index (χ4v) is 4.30. The fourth-order valence-electron chi connectivity index (χ4n) is 4.30. The van der Waals surface area contributed by atoms with E-state index in [-0.39, 0.29) is 11.8 Å². The number of aromatic amines is 1. The Kier molecular flexibility index (Phi) is 7.71. The second kappa shape index (κ2) is 11.5. The molecule has 1 aromatic carbocycles. The molecule has 0 atom stereocenters. The first kappa shape index (κ1) is 24.8. The first-order valence-corrected chi connectivity index (χ1v) is 12.5. The van der Waals surface area contributed by atoms with Crippen molar-refractivity contribution in [2.45, 2.75) is 26.7 Å². The van der Waals surface area contributed by atoms with Gasteiger partial charge in [-0.25, -0.2) is 4.39 Å². The summed E-state index contributed by atoms with van der Waals surface area (Å²) in [6.07, 6.45) is 5.33. The van der Waals surface area contributed by atoms with Gasteiger partial charge in [-0.3, -0.25) is 4.90 Å². The Morgan fingerprint density at radius 3 is 2.84 bits per heavy atom. The predicted octanol–water partition coefficient (Wildman–Crippen LogP) is 4.48. The van der Waals surface area contributed by atoms with Crippen LogP contribution in [0.3, 0.4) is 0 Å². The highest BCUT2D eigenvalue weighted by atomic mass is 19.1. The van der Waals surface area contributed by atoms with Gasteiger partial charge in [0.05, 0.1) is 25.3 Å². The van der Waals surface area contributed by atoms with E-state index in [0.717, 1.165) is 50.7 Å². The number of nitrogens with one attached hydrogen (secondary N) is 3. The summed E-state index contributed by atoms with van der Waals surface area (Å²) in [5.74, 6) is 1.30. The number of H-pyrrole nitrogens is 1. The van der Waals surface area contributed by atoms with Gasteiger partial charge in [-0.1, -0.05) is 6.08 Å². The highest BCUT2D eigenvalue weighted by molar-refractivity contribution is 6.15. The average Bonchev–Trinajstić information content (AvgIpc) is 3.50. The zero-order chi connectivity index (χ0) is 25.6. The lowest BCUT2D eigenvalue weighted by molar-refractivity contribution is 0.0378. The van der Waals surface area contributed by atoms with Crippen molar-refractivity contribution in [1.82, 2.24) is 19.9 Å². The molecule has 2 aliphatic rings. The second-order valence-corrected chi connectivity index (χ2v) is 8.99. The fraction of sp³-hybridized carbons (Fsp3) is 0.385. The summed E-state index contributed by atoms with van der Waals surface area (Å²) in [4.78, 5) is 14.5. The molecular weight excluding hydrogens is 475 g/mol. The number of hydrogen-bond acceptors (Lipinski definition) is 9. The minimum Gasteiger partial charge on any atom is -0.421 e. The van der Waals surface area contributed by atoms with Gasteiger partial charge in [-0.2, -0.15) is 15.1 Å². The summed E-state index contributed by atoms with van der Waals surface area (Å²) < 4.78 is 26.4. The van der Waals surface area contributed by atoms with Gasteiger partial charge in [-0.05, 0) is 51.1 Å². The maximum absolute atomic E-state index is 15.2. The van der Waals surface area contributed by atoms with Crippen LogP contribution in [0.5, 0.6) is 11.8 Å². The van der Waals surface area contributed by atoms with Crippen LogP contribution in [0.1, 0.15) is 25.5 Å². The van der Waals surface area contributed by atoms with Crippen molar-refractivity contribution in [3.63, 3.8) is 0 Å². The molecule has 0 aliphatic carbocycles. The van der Waals surface area contributed by atoms with E-state index in [1.807, 2.05) is 26.0 Å². The van der Waals surface area contributed by atoms with Crippen molar-refractivity contribution in [3.05, 3.63) is 47.9 Å². The van der Waals surface area contributed by atoms with Crippen LogP contribution in [0.25, 0.3) is 10.9 Å². The van der Waals surface area contributed by atoms with E-state index in [4.69, 9.17) is 9.47 Å². The van der Waals surface area contributed by atoms with E-state index >= 15 is 4.39 Å². The van der Waals surface area contributed by atoms with Crippen LogP contribution >= 0.6 is 0 Å². The molecule has 1 fully saturated rings. The van der Waals surface area contributed by atoms with Crippen LogP contribution < -0.4 is 15.4 Å². The lowest BCUT2D eigenvalue weighted by Crippen LogP contribution is -2.37. The van der Waals surface area contributed by atoms with Gasteiger partial charge in [0.2, 0.25) is 0 Å². The molecule has 0 unspecified atom stereocenters. The average molecular weight is 507 g/mol. The molecular formula is C26H31FN8O2. The van der Waals surface area contributed by atoms with E-state index in [1.54, 1.807) is 24.3 Å². The summed E-state index contributed by atoms with van der Waals surface area (Å²) in [5.41, 5.74) is 2.43. The highest BCUT2D eigenvalue weighted by Crippen LogP contribution is 2.30. The van der Waals surface area contributed by atoms with Crippen LogP contribution in [-0.2, 0) is 4.74 Å². The Bertz CT molecular complexity index is 1340. The Morgan fingerprint density at radius 2 is 2.00 bits per heavy atom. The number of nitrogens with zero attached hydrogens (tertiary/aromatic N) is 5. The molecule has 37 heavy (non-hydrogen) atoms. The molecule has 3 aromatic rings. The van der Waals surface area contributed by atoms with Crippen molar-refractivity contribution < 1.29 is 13.9 Å². The zero-order valence-electron chi connectivity index (χ0n) is 21.1. The monoisotopic (exact) mass is 506 g/mol. The minimum absolute atomic E-state index is 0.0272. The smallest absolute Gasteiger partial charge is 0.326 e. The molecule has 1 saturated heterocycles. The third-order valence-electron chi connectivity index (χ3n) is 6.08. The molecule has 194 valence electrons. The number of anilines is 2. The number of aryl methyl sites for hydroxylation is 1. The third-order valence-corrected chi connectivity index (χ3v) is 6.08. The van der Waals surface area contributed by atoms with Crippen molar-refractivity contribution in [1.29, 1.82) is 0 Å². The van der Waals surface area contributed by atoms with Gasteiger partial charge in [0.15, 0.2) is 11.6 Å². The number of rotatable bonds is 9. The molecule has 3 N–H and O–H groups in total. The van der Waals surface area contributed by atoms with Crippen LogP contribution in [0.2, 0.25) is 0 Å². The zero-order valence-corrected chi connectivity index (χ0v) is 21.1. The summed E-state index contributed by atoms with van der Waals surface area (Å²) in [5, 5.41) is 15.4. The number of benzene rings is 1. The Labute approximate surface area is 214 Å². The van der Waals surface area contributed by atoms with E-state index in [0.29, 0.717) is 41.3 Å². The molecule has 11 heteroatoms. The highest BCUT2D eigenvalue weighted by Gasteiger charge is 2.16. The van der Waals surface area contributed by atoms with Crippen molar-refractivity contribution in [2.75, 3.05) is 50.0 Å². The summed E-state index contributed by atoms with van der Waals surface area (Å²) >= 11 is 0. The molecule has 4 heterocycles. The number of hydrogen-bond donors (Lipinski definition) is 3. The Morgan fingerprint density at radius 1 is 1.16 bits per heavy atom. The first-order chi connectivity index (χ1) is 18.1. The first-order valence-electron chi connectivity index (χ1n) is 12.5. The standard InChI is InChI=1S/C26H31FN8O2/c1-3-5-18-15-24(34-33-18)30-23-16-22(28-8-4-9-35-10-12-36-13-11-35)31-26(32-23)37-21-7-6-20-19(25(21)27)14-17(2)29-20/h3,5-7,14,16,29H,4,8-13,15H2,1-2H3,(H2,28,30,31,32,34)/b5-3+. The SMILES string of the molecule is C/C=C/C1=NN=C(Nc2cc(NCCCN3CCOCC3)nc(Oc3ccc4[nH]c(C)cc4c3F)n2)C1. The molecule has 2 aromatic heterocycles. The number of fused-ring (bicyclic) bond motifs is 1. The molecule has 0 radical (unpaired) electrons. The van der Waals surface area contributed by atoms with E-state index in [1.165, 1.54) is 0 Å². The van der Waals surface area contributed by atoms with Gasteiger partial charge >= 0.3 is 6.01 Å². The maximum Gasteiger partial charge on any atom is 0.326 e. The quantitative estimate of drug-likeness (QED) is 0.367. The number of morpholine rings is 1. The lowest BCUT2D eigenvalue weighted by atomic mass is 10.2. The Balaban J connectivity index is 1.31. The van der Waals surface area contributed by atoms with E-state index < -0.39 is 5.82 Å². The van der Waals surface area contributed by atoms with Gasteiger partial charge in [-0.15, -0.1) is 5.10 Å². The number of ether oxygens (including phenoxy) is 2. The Hall–Kier alpha value is -3.83.